The van der Waals surface area contributed by atoms with E-state index < -0.39 is 0 Å². The highest BCUT2D eigenvalue weighted by atomic mass is 14.7. The Kier molecular flexibility index (Phi) is 6.47. The normalized spacial score (nSPS) is 9.78. The molecule has 0 unspecified atom stereocenters. The van der Waals surface area contributed by atoms with Crippen LogP contribution in [0.3, 0.4) is 0 Å². The van der Waals surface area contributed by atoms with E-state index in [1.165, 1.54) is 0 Å². The molecule has 0 aromatic carbocycles. The van der Waals surface area contributed by atoms with Gasteiger partial charge in [-0.2, -0.15) is 0 Å². The van der Waals surface area contributed by atoms with Crippen molar-refractivity contribution < 1.29 is 0 Å². The summed E-state index contributed by atoms with van der Waals surface area (Å²) in [5, 5.41) is 0. The van der Waals surface area contributed by atoms with Crippen molar-refractivity contribution in [1.82, 2.24) is 0 Å². The second-order valence-electron chi connectivity index (χ2n) is 1.75. The van der Waals surface area contributed by atoms with Crippen LogP contribution < -0.4 is 0 Å². The van der Waals surface area contributed by atoms with E-state index in [0.29, 0.717) is 0 Å². The highest BCUT2D eigenvalue weighted by molar-refractivity contribution is 5.23. The van der Waals surface area contributed by atoms with Crippen LogP contribution in [0.2, 0.25) is 0 Å². The van der Waals surface area contributed by atoms with Crippen molar-refractivity contribution in [2.45, 2.75) is 12.8 Å². The maximum atomic E-state index is 3.72. The van der Waals surface area contributed by atoms with Gasteiger partial charge in [-0.15, -0.1) is 0 Å². The predicted octanol–water partition coefficient (Wildman–Crippen LogP) is 2.21. The van der Waals surface area contributed by atoms with Gasteiger partial charge in [-0.25, -0.2) is 0 Å². The second-order valence-corrected chi connectivity index (χ2v) is 1.75. The number of allylic oxidation sites excluding steroid dienone is 3. The van der Waals surface area contributed by atoms with Gasteiger partial charge in [-0.3, -0.25) is 0 Å². The molecule has 50 valence electrons. The Morgan fingerprint density at radius 2 is 2.22 bits per heavy atom. The topological polar surface area (TPSA) is 12.4 Å². The van der Waals surface area contributed by atoms with Crippen molar-refractivity contribution in [3.63, 3.8) is 0 Å². The first kappa shape index (κ1) is 8.15. The molecule has 1 heteroatoms. The molecule has 0 bridgehead atoms. The van der Waals surface area contributed by atoms with Gasteiger partial charge in [0.25, 0.3) is 0 Å². The van der Waals surface area contributed by atoms with E-state index in [1.54, 1.807) is 6.08 Å². The number of hydrogen-bond acceptors (Lipinski definition) is 1. The molecule has 0 aliphatic carbocycles. The SMILES string of the molecule is C=C/C=C/CCCN=C. The first-order chi connectivity index (χ1) is 4.41. The van der Waals surface area contributed by atoms with Crippen molar-refractivity contribution in [2.24, 2.45) is 4.99 Å². The largest absolute Gasteiger partial charge is 0.301 e. The molecule has 0 saturated carbocycles. The summed E-state index contributed by atoms with van der Waals surface area (Å²) in [4.78, 5) is 3.72. The molecule has 0 rings (SSSR count). The molecule has 0 saturated heterocycles. The third-order valence-electron chi connectivity index (χ3n) is 0.959. The van der Waals surface area contributed by atoms with Crippen LogP contribution in [0, 0.1) is 0 Å². The third-order valence-corrected chi connectivity index (χ3v) is 0.959. The number of unbranched alkanes of at least 4 members (excludes halogenated alkanes) is 1. The summed E-state index contributed by atoms with van der Waals surface area (Å²) in [6.45, 7) is 7.80. The van der Waals surface area contributed by atoms with Crippen LogP contribution in [0.4, 0.5) is 0 Å². The Labute approximate surface area is 56.8 Å². The maximum absolute atomic E-state index is 3.72. The lowest BCUT2D eigenvalue weighted by molar-refractivity contribution is 0.860. The fraction of sp³-hybridized carbons (Fsp3) is 0.375. The summed E-state index contributed by atoms with van der Waals surface area (Å²) in [6.07, 6.45) is 7.97. The second kappa shape index (κ2) is 7.15. The molecule has 0 radical (unpaired) electrons. The summed E-state index contributed by atoms with van der Waals surface area (Å²) >= 11 is 0. The molecular formula is C8H13N. The smallest absolute Gasteiger partial charge is 0.0385 e. The van der Waals surface area contributed by atoms with E-state index in [2.05, 4.69) is 24.4 Å². The van der Waals surface area contributed by atoms with E-state index in [0.717, 1.165) is 19.4 Å². The zero-order valence-electron chi connectivity index (χ0n) is 5.71. The van der Waals surface area contributed by atoms with Gasteiger partial charge in [0.1, 0.15) is 0 Å². The van der Waals surface area contributed by atoms with Crippen LogP contribution in [0.25, 0.3) is 0 Å². The molecule has 0 atom stereocenters. The summed E-state index contributed by atoms with van der Waals surface area (Å²) in [6, 6.07) is 0. The molecule has 0 aromatic rings. The third kappa shape index (κ3) is 7.15. The maximum Gasteiger partial charge on any atom is 0.0385 e. The van der Waals surface area contributed by atoms with Crippen molar-refractivity contribution in [1.29, 1.82) is 0 Å². The standard InChI is InChI=1S/C8H13N/c1-3-4-5-6-7-8-9-2/h3-5H,1-2,6-8H2/b5-4+. The van der Waals surface area contributed by atoms with Crippen LogP contribution in [0.5, 0.6) is 0 Å². The average Bonchev–Trinajstić information content (AvgIpc) is 1.89. The van der Waals surface area contributed by atoms with E-state index >= 15 is 0 Å². The van der Waals surface area contributed by atoms with Crippen molar-refractivity contribution in [3.05, 3.63) is 24.8 Å². The summed E-state index contributed by atoms with van der Waals surface area (Å²) in [5.74, 6) is 0. The van der Waals surface area contributed by atoms with Crippen LogP contribution in [-0.4, -0.2) is 13.3 Å². The Morgan fingerprint density at radius 1 is 1.44 bits per heavy atom. The molecular weight excluding hydrogens is 110 g/mol. The predicted molar refractivity (Wildman–Crippen MR) is 43.0 cm³/mol. The van der Waals surface area contributed by atoms with Crippen molar-refractivity contribution >= 4 is 6.72 Å². The van der Waals surface area contributed by atoms with Gasteiger partial charge < -0.3 is 4.99 Å². The van der Waals surface area contributed by atoms with Crippen molar-refractivity contribution in [3.8, 4) is 0 Å². The fourth-order valence-corrected chi connectivity index (χ4v) is 0.513. The van der Waals surface area contributed by atoms with Gasteiger partial charge in [0.15, 0.2) is 0 Å². The number of nitrogens with zero attached hydrogens (tertiary/aromatic N) is 1. The Morgan fingerprint density at radius 3 is 2.78 bits per heavy atom. The minimum Gasteiger partial charge on any atom is -0.301 e. The minimum absolute atomic E-state index is 0.863. The molecule has 0 aliphatic heterocycles. The van der Waals surface area contributed by atoms with Gasteiger partial charge in [0.05, 0.1) is 0 Å². The molecule has 0 spiro atoms. The van der Waals surface area contributed by atoms with Gasteiger partial charge in [0.2, 0.25) is 0 Å². The molecule has 0 heterocycles. The molecule has 0 amide bonds. The van der Waals surface area contributed by atoms with Gasteiger partial charge in [0, 0.05) is 6.54 Å². The van der Waals surface area contributed by atoms with Crippen molar-refractivity contribution in [2.75, 3.05) is 6.54 Å². The van der Waals surface area contributed by atoms with E-state index in [1.807, 2.05) is 6.08 Å². The molecule has 0 aromatic heterocycles. The first-order valence-corrected chi connectivity index (χ1v) is 3.12. The molecule has 0 aliphatic rings. The van der Waals surface area contributed by atoms with Crippen LogP contribution >= 0.6 is 0 Å². The van der Waals surface area contributed by atoms with E-state index in [9.17, 15) is 0 Å². The summed E-state index contributed by atoms with van der Waals surface area (Å²) in [5.41, 5.74) is 0. The molecule has 9 heavy (non-hydrogen) atoms. The van der Waals surface area contributed by atoms with E-state index in [-0.39, 0.29) is 0 Å². The lowest BCUT2D eigenvalue weighted by atomic mass is 10.3. The molecule has 0 fully saturated rings. The Balaban J connectivity index is 2.98. The number of aliphatic imine (C=N–C) groups is 1. The van der Waals surface area contributed by atoms with Gasteiger partial charge >= 0.3 is 0 Å². The summed E-state index contributed by atoms with van der Waals surface area (Å²) in [7, 11) is 0. The zero-order valence-corrected chi connectivity index (χ0v) is 5.71. The fourth-order valence-electron chi connectivity index (χ4n) is 0.513. The van der Waals surface area contributed by atoms with Gasteiger partial charge in [-0.1, -0.05) is 24.8 Å². The zero-order chi connectivity index (χ0) is 6.95. The minimum atomic E-state index is 0.863. The quantitative estimate of drug-likeness (QED) is 0.302. The lowest BCUT2D eigenvalue weighted by Gasteiger charge is -1.86. The summed E-state index contributed by atoms with van der Waals surface area (Å²) < 4.78 is 0. The Hall–Kier alpha value is -0.850. The number of rotatable bonds is 5. The number of hydrogen-bond donors (Lipinski definition) is 0. The monoisotopic (exact) mass is 123 g/mol. The first-order valence-electron chi connectivity index (χ1n) is 3.12. The highest BCUT2D eigenvalue weighted by Crippen LogP contribution is 1.90. The van der Waals surface area contributed by atoms with E-state index in [4.69, 9.17) is 0 Å². The molecule has 1 nitrogen and oxygen atoms in total. The van der Waals surface area contributed by atoms with Crippen LogP contribution in [-0.2, 0) is 0 Å². The van der Waals surface area contributed by atoms with Crippen LogP contribution in [0.1, 0.15) is 12.8 Å². The Bertz CT molecular complexity index is 103. The van der Waals surface area contributed by atoms with Crippen LogP contribution in [0.15, 0.2) is 29.8 Å². The highest BCUT2D eigenvalue weighted by Gasteiger charge is 1.76. The molecule has 0 N–H and O–H groups in total. The van der Waals surface area contributed by atoms with Gasteiger partial charge in [-0.05, 0) is 19.6 Å². The average molecular weight is 123 g/mol. The lowest BCUT2D eigenvalue weighted by Crippen LogP contribution is -1.75.